The zero-order valence-corrected chi connectivity index (χ0v) is 27.4. The molecule has 0 bridgehead atoms. The van der Waals surface area contributed by atoms with Crippen LogP contribution in [-0.4, -0.2) is 17.6 Å². The van der Waals surface area contributed by atoms with Gasteiger partial charge in [0.1, 0.15) is 0 Å². The first-order chi connectivity index (χ1) is 19.8. The highest BCUT2D eigenvalue weighted by Crippen LogP contribution is 2.17. The smallest absolute Gasteiger partial charge is 0.303 e. The molecule has 0 saturated carbocycles. The SMILES string of the molecule is NCCCCCCCCCCCCCCCCCCCCCCCCCCCCCCCCCCCCC(=O)O. The molecular weight excluding hydrogens is 490 g/mol. The minimum absolute atomic E-state index is 0.345. The van der Waals surface area contributed by atoms with Crippen LogP contribution in [0.1, 0.15) is 225 Å². The first kappa shape index (κ1) is 39.4. The fourth-order valence-electron chi connectivity index (χ4n) is 6.08. The van der Waals surface area contributed by atoms with Crippen LogP contribution in [0.5, 0.6) is 0 Å². The number of nitrogens with two attached hydrogens (primary N) is 1. The summed E-state index contributed by atoms with van der Waals surface area (Å²) in [5.41, 5.74) is 5.54. The number of aliphatic carboxylic acids is 1. The first-order valence-electron chi connectivity index (χ1n) is 18.7. The summed E-state index contributed by atoms with van der Waals surface area (Å²) in [7, 11) is 0. The van der Waals surface area contributed by atoms with E-state index in [0.29, 0.717) is 6.42 Å². The summed E-state index contributed by atoms with van der Waals surface area (Å²) < 4.78 is 0. The largest absolute Gasteiger partial charge is 0.481 e. The molecule has 0 aromatic heterocycles. The van der Waals surface area contributed by atoms with Crippen molar-refractivity contribution in [3.05, 3.63) is 0 Å². The number of hydrogen-bond donors (Lipinski definition) is 2. The van der Waals surface area contributed by atoms with E-state index in [2.05, 4.69) is 0 Å². The van der Waals surface area contributed by atoms with Crippen molar-refractivity contribution in [1.29, 1.82) is 0 Å². The Morgan fingerprint density at radius 1 is 0.300 bits per heavy atom. The molecule has 3 nitrogen and oxygen atoms in total. The molecule has 0 amide bonds. The highest BCUT2D eigenvalue weighted by molar-refractivity contribution is 5.66. The molecule has 0 aliphatic heterocycles. The quantitative estimate of drug-likeness (QED) is 0.0742. The normalized spacial score (nSPS) is 11.4. The second-order valence-corrected chi connectivity index (χ2v) is 13.0. The van der Waals surface area contributed by atoms with Gasteiger partial charge in [0.2, 0.25) is 0 Å². The van der Waals surface area contributed by atoms with Crippen LogP contribution in [0.3, 0.4) is 0 Å². The van der Waals surface area contributed by atoms with Gasteiger partial charge < -0.3 is 10.8 Å². The standard InChI is InChI=1S/C37H75NO2/c38-36-34-32-30-28-26-24-22-20-18-16-14-12-10-8-6-4-2-1-3-5-7-9-11-13-15-17-19-21-23-25-27-29-31-33-35-37(39)40/h1-36,38H2,(H,39,40). The third-order valence-electron chi connectivity index (χ3n) is 8.84. The van der Waals surface area contributed by atoms with Gasteiger partial charge in [0.15, 0.2) is 0 Å². The molecule has 0 spiro atoms. The fraction of sp³-hybridized carbons (Fsp3) is 0.973. The van der Waals surface area contributed by atoms with Crippen LogP contribution in [0, 0.1) is 0 Å². The topological polar surface area (TPSA) is 63.3 Å². The van der Waals surface area contributed by atoms with Gasteiger partial charge in [0.25, 0.3) is 0 Å². The van der Waals surface area contributed by atoms with Crippen molar-refractivity contribution in [2.45, 2.75) is 225 Å². The molecule has 3 N–H and O–H groups in total. The van der Waals surface area contributed by atoms with Gasteiger partial charge in [-0.3, -0.25) is 4.79 Å². The number of hydrogen-bond acceptors (Lipinski definition) is 2. The second-order valence-electron chi connectivity index (χ2n) is 13.0. The minimum atomic E-state index is -0.649. The zero-order chi connectivity index (χ0) is 29.0. The van der Waals surface area contributed by atoms with Gasteiger partial charge in [-0.2, -0.15) is 0 Å². The maximum Gasteiger partial charge on any atom is 0.303 e. The van der Waals surface area contributed by atoms with Crippen LogP contribution in [0.4, 0.5) is 0 Å². The highest BCUT2D eigenvalue weighted by atomic mass is 16.4. The van der Waals surface area contributed by atoms with E-state index in [1.807, 2.05) is 0 Å². The third-order valence-corrected chi connectivity index (χ3v) is 8.84. The molecule has 0 aliphatic carbocycles. The van der Waals surface area contributed by atoms with Crippen LogP contribution in [0.2, 0.25) is 0 Å². The number of carboxylic acids is 1. The maximum absolute atomic E-state index is 10.5. The number of carbonyl (C=O) groups is 1. The number of unbranched alkanes of at least 4 members (excludes halogenated alkanes) is 33. The Bertz CT molecular complexity index is 467. The lowest BCUT2D eigenvalue weighted by molar-refractivity contribution is -0.137. The van der Waals surface area contributed by atoms with Gasteiger partial charge >= 0.3 is 5.97 Å². The molecule has 40 heavy (non-hydrogen) atoms. The Morgan fingerprint density at radius 3 is 0.600 bits per heavy atom. The molecule has 0 aromatic rings. The number of carboxylic acid groups (broad SMARTS) is 1. The van der Waals surface area contributed by atoms with Crippen molar-refractivity contribution < 1.29 is 9.90 Å². The van der Waals surface area contributed by atoms with Crippen molar-refractivity contribution in [3.8, 4) is 0 Å². The lowest BCUT2D eigenvalue weighted by atomic mass is 10.0. The van der Waals surface area contributed by atoms with Gasteiger partial charge in [0.05, 0.1) is 0 Å². The third kappa shape index (κ3) is 37.4. The molecule has 3 heteroatoms. The average Bonchev–Trinajstić information content (AvgIpc) is 2.95. The van der Waals surface area contributed by atoms with Gasteiger partial charge in [-0.25, -0.2) is 0 Å². The van der Waals surface area contributed by atoms with Crippen LogP contribution in [0.25, 0.3) is 0 Å². The van der Waals surface area contributed by atoms with Crippen LogP contribution < -0.4 is 5.73 Å². The maximum atomic E-state index is 10.5. The summed E-state index contributed by atoms with van der Waals surface area (Å²) in [6.07, 6.45) is 47.8. The monoisotopic (exact) mass is 566 g/mol. The molecule has 0 unspecified atom stereocenters. The highest BCUT2D eigenvalue weighted by Gasteiger charge is 1.98. The lowest BCUT2D eigenvalue weighted by Gasteiger charge is -2.05. The Balaban J connectivity index is 3.03. The Hall–Kier alpha value is -0.570. The molecule has 0 aromatic carbocycles. The summed E-state index contributed by atoms with van der Waals surface area (Å²) in [4.78, 5) is 10.5. The summed E-state index contributed by atoms with van der Waals surface area (Å²) in [6.45, 7) is 0.868. The predicted molar refractivity (Wildman–Crippen MR) is 178 cm³/mol. The van der Waals surface area contributed by atoms with Crippen molar-refractivity contribution in [3.63, 3.8) is 0 Å². The molecule has 0 radical (unpaired) electrons. The molecule has 0 rings (SSSR count). The second kappa shape index (κ2) is 36.5. The summed E-state index contributed by atoms with van der Waals surface area (Å²) in [5.74, 6) is -0.649. The van der Waals surface area contributed by atoms with Crippen LogP contribution in [0.15, 0.2) is 0 Å². The minimum Gasteiger partial charge on any atom is -0.481 e. The van der Waals surface area contributed by atoms with E-state index >= 15 is 0 Å². The van der Waals surface area contributed by atoms with E-state index in [-0.39, 0.29) is 0 Å². The Labute approximate surface area is 252 Å². The molecule has 0 fully saturated rings. The van der Waals surface area contributed by atoms with Gasteiger partial charge in [-0.15, -0.1) is 0 Å². The van der Waals surface area contributed by atoms with E-state index in [1.54, 1.807) is 0 Å². The van der Waals surface area contributed by atoms with Crippen molar-refractivity contribution >= 4 is 5.97 Å². The van der Waals surface area contributed by atoms with E-state index in [4.69, 9.17) is 10.8 Å². The van der Waals surface area contributed by atoms with Gasteiger partial charge in [-0.1, -0.05) is 205 Å². The Kier molecular flexibility index (Phi) is 35.9. The predicted octanol–water partition coefficient (Wildman–Crippen LogP) is 12.7. The van der Waals surface area contributed by atoms with Gasteiger partial charge in [0, 0.05) is 6.42 Å². The van der Waals surface area contributed by atoms with Crippen molar-refractivity contribution in [2.75, 3.05) is 6.54 Å². The first-order valence-corrected chi connectivity index (χ1v) is 18.7. The average molecular weight is 566 g/mol. The van der Waals surface area contributed by atoms with E-state index in [0.717, 1.165) is 19.4 Å². The van der Waals surface area contributed by atoms with Crippen LogP contribution in [-0.2, 0) is 4.79 Å². The fourth-order valence-corrected chi connectivity index (χ4v) is 6.08. The van der Waals surface area contributed by atoms with E-state index < -0.39 is 5.97 Å². The molecule has 240 valence electrons. The summed E-state index contributed by atoms with van der Waals surface area (Å²) >= 11 is 0. The number of rotatable bonds is 36. The van der Waals surface area contributed by atoms with E-state index in [1.165, 1.54) is 205 Å². The summed E-state index contributed by atoms with van der Waals surface area (Å²) in [6, 6.07) is 0. The molecule has 0 heterocycles. The van der Waals surface area contributed by atoms with E-state index in [9.17, 15) is 4.79 Å². The molecular formula is C37H75NO2. The van der Waals surface area contributed by atoms with Gasteiger partial charge in [-0.05, 0) is 19.4 Å². The lowest BCUT2D eigenvalue weighted by Crippen LogP contribution is -1.97. The zero-order valence-electron chi connectivity index (χ0n) is 27.4. The Morgan fingerprint density at radius 2 is 0.450 bits per heavy atom. The van der Waals surface area contributed by atoms with Crippen molar-refractivity contribution in [2.24, 2.45) is 5.73 Å². The summed E-state index contributed by atoms with van der Waals surface area (Å²) in [5, 5.41) is 8.63. The molecule has 0 saturated heterocycles. The van der Waals surface area contributed by atoms with Crippen LogP contribution >= 0.6 is 0 Å². The molecule has 0 atom stereocenters. The van der Waals surface area contributed by atoms with Crippen molar-refractivity contribution in [1.82, 2.24) is 0 Å². The molecule has 0 aliphatic rings.